The summed E-state index contributed by atoms with van der Waals surface area (Å²) in [6, 6.07) is 9.93. The second-order valence-corrected chi connectivity index (χ2v) is 10.5. The number of ether oxygens (including phenoxy) is 1. The summed E-state index contributed by atoms with van der Waals surface area (Å²) in [5.74, 6) is 1.37. The van der Waals surface area contributed by atoms with Gasteiger partial charge in [0.05, 0.1) is 24.0 Å². The van der Waals surface area contributed by atoms with E-state index in [2.05, 4.69) is 50.1 Å². The van der Waals surface area contributed by atoms with E-state index < -0.39 is 0 Å². The Morgan fingerprint density at radius 2 is 1.91 bits per heavy atom. The number of rotatable bonds is 4. The maximum absolute atomic E-state index is 13.4. The Balaban J connectivity index is 1.36. The van der Waals surface area contributed by atoms with Crippen molar-refractivity contribution >= 4 is 39.2 Å². The molecule has 1 N–H and O–H groups in total. The van der Waals surface area contributed by atoms with Gasteiger partial charge in [0.15, 0.2) is 0 Å². The average molecular weight is 499 g/mol. The average Bonchev–Trinajstić information content (AvgIpc) is 3.52. The van der Waals surface area contributed by atoms with Crippen molar-refractivity contribution in [1.82, 2.24) is 4.98 Å². The number of pyridine rings is 1. The van der Waals surface area contributed by atoms with Crippen LogP contribution in [0, 0.1) is 12.3 Å². The van der Waals surface area contributed by atoms with Gasteiger partial charge in [0, 0.05) is 30.7 Å². The van der Waals surface area contributed by atoms with Crippen LogP contribution in [0.25, 0.3) is 0 Å². The van der Waals surface area contributed by atoms with Gasteiger partial charge in [0.2, 0.25) is 0 Å². The SMILES string of the molecule is Cc1cc(NC(=O)c2ccc(Br)cc2N2CCC3(CC2)CC3)nc(N2CCO[C@@H](C)C2)c1. The van der Waals surface area contributed by atoms with Gasteiger partial charge in [0.1, 0.15) is 11.6 Å². The lowest BCUT2D eigenvalue weighted by Gasteiger charge is -2.35. The summed E-state index contributed by atoms with van der Waals surface area (Å²) in [7, 11) is 0. The van der Waals surface area contributed by atoms with E-state index in [1.54, 1.807) is 0 Å². The van der Waals surface area contributed by atoms with Crippen molar-refractivity contribution in [3.05, 3.63) is 45.9 Å². The minimum absolute atomic E-state index is 0.112. The molecule has 1 amide bonds. The predicted octanol–water partition coefficient (Wildman–Crippen LogP) is 5.01. The van der Waals surface area contributed by atoms with Crippen LogP contribution in [0.3, 0.4) is 0 Å². The van der Waals surface area contributed by atoms with Gasteiger partial charge >= 0.3 is 0 Å². The number of piperidine rings is 1. The second kappa shape index (κ2) is 8.67. The Labute approximate surface area is 198 Å². The highest BCUT2D eigenvalue weighted by Gasteiger charge is 2.44. The number of morpholine rings is 1. The Bertz CT molecular complexity index is 1010. The molecule has 1 aromatic heterocycles. The van der Waals surface area contributed by atoms with Crippen molar-refractivity contribution < 1.29 is 9.53 Å². The molecular weight excluding hydrogens is 468 g/mol. The third-order valence-corrected chi connectivity index (χ3v) is 7.58. The zero-order valence-electron chi connectivity index (χ0n) is 18.9. The fourth-order valence-electron chi connectivity index (χ4n) is 4.94. The van der Waals surface area contributed by atoms with Crippen LogP contribution in [-0.2, 0) is 4.74 Å². The van der Waals surface area contributed by atoms with Crippen LogP contribution in [-0.4, -0.2) is 49.8 Å². The van der Waals surface area contributed by atoms with E-state index in [-0.39, 0.29) is 12.0 Å². The molecule has 2 saturated heterocycles. The molecule has 3 heterocycles. The fraction of sp³-hybridized carbons (Fsp3) is 0.520. The van der Waals surface area contributed by atoms with E-state index in [4.69, 9.17) is 9.72 Å². The molecule has 5 rings (SSSR count). The Morgan fingerprint density at radius 3 is 2.62 bits per heavy atom. The van der Waals surface area contributed by atoms with Crippen LogP contribution in [0.15, 0.2) is 34.8 Å². The first-order chi connectivity index (χ1) is 15.4. The maximum atomic E-state index is 13.4. The zero-order chi connectivity index (χ0) is 22.3. The number of halogens is 1. The van der Waals surface area contributed by atoms with Crippen LogP contribution in [0.2, 0.25) is 0 Å². The number of aromatic nitrogens is 1. The van der Waals surface area contributed by atoms with E-state index in [0.717, 1.165) is 47.7 Å². The predicted molar refractivity (Wildman–Crippen MR) is 132 cm³/mol. The molecule has 1 aliphatic carbocycles. The van der Waals surface area contributed by atoms with Crippen LogP contribution in [0.1, 0.15) is 48.5 Å². The number of nitrogens with one attached hydrogen (secondary N) is 1. The maximum Gasteiger partial charge on any atom is 0.258 e. The first kappa shape index (κ1) is 21.7. The van der Waals surface area contributed by atoms with Gasteiger partial charge in [0.25, 0.3) is 5.91 Å². The quantitative estimate of drug-likeness (QED) is 0.641. The summed E-state index contributed by atoms with van der Waals surface area (Å²) in [6.07, 6.45) is 5.36. The van der Waals surface area contributed by atoms with Crippen molar-refractivity contribution in [1.29, 1.82) is 0 Å². The smallest absolute Gasteiger partial charge is 0.258 e. The normalized spacial score (nSPS) is 22.2. The standard InChI is InChI=1S/C25H31BrN4O2/c1-17-13-22(27-23(14-17)30-11-12-32-18(2)16-30)28-24(31)20-4-3-19(26)15-21(20)29-9-7-25(5-6-25)8-10-29/h3-4,13-15,18H,5-12,16H2,1-2H3,(H,27,28,31)/t18-/m0/s1. The van der Waals surface area contributed by atoms with Gasteiger partial charge in [-0.05, 0) is 80.8 Å². The highest BCUT2D eigenvalue weighted by atomic mass is 79.9. The van der Waals surface area contributed by atoms with Crippen LogP contribution >= 0.6 is 15.9 Å². The first-order valence-electron chi connectivity index (χ1n) is 11.6. The van der Waals surface area contributed by atoms with Crippen LogP contribution in [0.5, 0.6) is 0 Å². The summed E-state index contributed by atoms with van der Waals surface area (Å²) >= 11 is 3.60. The molecule has 2 aromatic rings. The second-order valence-electron chi connectivity index (χ2n) is 9.62. The lowest BCUT2D eigenvalue weighted by atomic mass is 9.93. The summed E-state index contributed by atoms with van der Waals surface area (Å²) < 4.78 is 6.66. The van der Waals surface area contributed by atoms with Crippen molar-refractivity contribution in [2.75, 3.05) is 47.9 Å². The summed E-state index contributed by atoms with van der Waals surface area (Å²) in [5.41, 5.74) is 3.38. The van der Waals surface area contributed by atoms with E-state index in [1.807, 2.05) is 25.1 Å². The lowest BCUT2D eigenvalue weighted by Crippen LogP contribution is -2.41. The van der Waals surface area contributed by atoms with Gasteiger partial charge in [-0.15, -0.1) is 0 Å². The van der Waals surface area contributed by atoms with Gasteiger partial charge < -0.3 is 19.9 Å². The van der Waals surface area contributed by atoms with Gasteiger partial charge in [-0.2, -0.15) is 0 Å². The Morgan fingerprint density at radius 1 is 1.12 bits per heavy atom. The largest absolute Gasteiger partial charge is 0.375 e. The van der Waals surface area contributed by atoms with E-state index in [9.17, 15) is 4.79 Å². The van der Waals surface area contributed by atoms with Gasteiger partial charge in [-0.3, -0.25) is 4.79 Å². The molecule has 1 saturated carbocycles. The number of benzene rings is 1. The molecule has 1 atom stereocenters. The van der Waals surface area contributed by atoms with Crippen LogP contribution in [0.4, 0.5) is 17.3 Å². The number of hydrogen-bond acceptors (Lipinski definition) is 5. The zero-order valence-corrected chi connectivity index (χ0v) is 20.5. The van der Waals surface area contributed by atoms with Gasteiger partial charge in [-0.1, -0.05) is 15.9 Å². The molecule has 3 fully saturated rings. The van der Waals surface area contributed by atoms with Crippen molar-refractivity contribution in [2.24, 2.45) is 5.41 Å². The molecule has 7 heteroatoms. The number of nitrogens with zero attached hydrogens (tertiary/aromatic N) is 3. The number of hydrogen-bond donors (Lipinski definition) is 1. The van der Waals surface area contributed by atoms with Crippen molar-refractivity contribution in [3.8, 4) is 0 Å². The van der Waals surface area contributed by atoms with E-state index in [1.165, 1.54) is 25.7 Å². The number of amides is 1. The minimum Gasteiger partial charge on any atom is -0.375 e. The summed E-state index contributed by atoms with van der Waals surface area (Å²) in [6.45, 7) is 8.44. The lowest BCUT2D eigenvalue weighted by molar-refractivity contribution is 0.0529. The third kappa shape index (κ3) is 4.64. The Kier molecular flexibility index (Phi) is 5.88. The fourth-order valence-corrected chi connectivity index (χ4v) is 5.29. The molecule has 1 spiro atoms. The van der Waals surface area contributed by atoms with Crippen molar-refractivity contribution in [3.63, 3.8) is 0 Å². The summed E-state index contributed by atoms with van der Waals surface area (Å²) in [4.78, 5) is 22.7. The molecular formula is C25H31BrN4O2. The molecule has 2 aliphatic heterocycles. The third-order valence-electron chi connectivity index (χ3n) is 7.09. The topological polar surface area (TPSA) is 57.7 Å². The molecule has 0 radical (unpaired) electrons. The number of aryl methyl sites for hydroxylation is 1. The monoisotopic (exact) mass is 498 g/mol. The van der Waals surface area contributed by atoms with Crippen molar-refractivity contribution in [2.45, 2.75) is 45.6 Å². The molecule has 32 heavy (non-hydrogen) atoms. The molecule has 6 nitrogen and oxygen atoms in total. The van der Waals surface area contributed by atoms with E-state index >= 15 is 0 Å². The highest BCUT2D eigenvalue weighted by molar-refractivity contribution is 9.10. The molecule has 0 bridgehead atoms. The molecule has 1 aromatic carbocycles. The summed E-state index contributed by atoms with van der Waals surface area (Å²) in [5, 5.41) is 3.07. The number of anilines is 3. The van der Waals surface area contributed by atoms with Gasteiger partial charge in [-0.25, -0.2) is 4.98 Å². The first-order valence-corrected chi connectivity index (χ1v) is 12.4. The Hall–Kier alpha value is -2.12. The molecule has 0 unspecified atom stereocenters. The molecule has 3 aliphatic rings. The highest BCUT2D eigenvalue weighted by Crippen LogP contribution is 2.54. The molecule has 170 valence electrons. The minimum atomic E-state index is -0.112. The number of carbonyl (C=O) groups is 1. The van der Waals surface area contributed by atoms with E-state index in [0.29, 0.717) is 23.4 Å². The van der Waals surface area contributed by atoms with Crippen LogP contribution < -0.4 is 15.1 Å². The number of carbonyl (C=O) groups excluding carboxylic acids is 1.